The molecule has 4 nitrogen and oxygen atoms in total. The lowest BCUT2D eigenvalue weighted by Gasteiger charge is -2.07. The number of hydrogen-bond donors (Lipinski definition) is 1. The minimum atomic E-state index is 0.605. The molecule has 1 N–H and O–H groups in total. The van der Waals surface area contributed by atoms with Gasteiger partial charge in [0, 0.05) is 29.9 Å². The first kappa shape index (κ1) is 16.6. The minimum absolute atomic E-state index is 0.605. The Bertz CT molecular complexity index is 769. The van der Waals surface area contributed by atoms with Gasteiger partial charge in [0.2, 0.25) is 0 Å². The molecule has 0 saturated heterocycles. The van der Waals surface area contributed by atoms with E-state index in [1.807, 2.05) is 66.2 Å². The standard InChI is InChI=1S/C19H20ClN3O/c1-15-16(14-23(22-15)18-5-3-2-4-6-18)13-21-11-12-24-19-9-7-17(20)8-10-19/h2-10,14,21H,11-13H2,1H3. The molecule has 0 fully saturated rings. The van der Waals surface area contributed by atoms with Gasteiger partial charge < -0.3 is 10.1 Å². The van der Waals surface area contributed by atoms with Crippen LogP contribution in [0.4, 0.5) is 0 Å². The van der Waals surface area contributed by atoms with Crippen LogP contribution in [0.15, 0.2) is 60.8 Å². The van der Waals surface area contributed by atoms with Gasteiger partial charge in [0.1, 0.15) is 12.4 Å². The van der Waals surface area contributed by atoms with Gasteiger partial charge in [-0.1, -0.05) is 29.8 Å². The number of aryl methyl sites for hydroxylation is 1. The Morgan fingerprint density at radius 2 is 1.83 bits per heavy atom. The Kier molecular flexibility index (Phi) is 5.51. The number of hydrogen-bond acceptors (Lipinski definition) is 3. The zero-order valence-corrected chi connectivity index (χ0v) is 14.3. The van der Waals surface area contributed by atoms with Gasteiger partial charge in [-0.05, 0) is 43.3 Å². The van der Waals surface area contributed by atoms with Gasteiger partial charge in [0.15, 0.2) is 0 Å². The van der Waals surface area contributed by atoms with Crippen molar-refractivity contribution in [3.05, 3.63) is 77.1 Å². The molecule has 5 heteroatoms. The average molecular weight is 342 g/mol. The Balaban J connectivity index is 1.47. The maximum atomic E-state index is 5.85. The highest BCUT2D eigenvalue weighted by atomic mass is 35.5. The number of ether oxygens (including phenoxy) is 1. The van der Waals surface area contributed by atoms with Gasteiger partial charge in [-0.2, -0.15) is 5.10 Å². The minimum Gasteiger partial charge on any atom is -0.492 e. The SMILES string of the molecule is Cc1nn(-c2ccccc2)cc1CNCCOc1ccc(Cl)cc1. The summed E-state index contributed by atoms with van der Waals surface area (Å²) in [7, 11) is 0. The molecule has 0 aliphatic rings. The normalized spacial score (nSPS) is 10.8. The van der Waals surface area contributed by atoms with Crippen LogP contribution >= 0.6 is 11.6 Å². The third kappa shape index (κ3) is 4.37. The lowest BCUT2D eigenvalue weighted by molar-refractivity contribution is 0.313. The molecule has 0 saturated carbocycles. The van der Waals surface area contributed by atoms with Crippen LogP contribution < -0.4 is 10.1 Å². The van der Waals surface area contributed by atoms with E-state index in [0.29, 0.717) is 11.6 Å². The van der Waals surface area contributed by atoms with Gasteiger partial charge in [-0.3, -0.25) is 0 Å². The summed E-state index contributed by atoms with van der Waals surface area (Å²) in [6.45, 7) is 4.16. The smallest absolute Gasteiger partial charge is 0.119 e. The molecule has 0 atom stereocenters. The second-order valence-electron chi connectivity index (χ2n) is 5.50. The third-order valence-corrected chi connectivity index (χ3v) is 3.95. The van der Waals surface area contributed by atoms with E-state index < -0.39 is 0 Å². The monoisotopic (exact) mass is 341 g/mol. The van der Waals surface area contributed by atoms with E-state index in [4.69, 9.17) is 16.3 Å². The molecule has 0 spiro atoms. The number of aromatic nitrogens is 2. The fourth-order valence-corrected chi connectivity index (χ4v) is 2.50. The van der Waals surface area contributed by atoms with Crippen LogP contribution in [0, 0.1) is 6.92 Å². The summed E-state index contributed by atoms with van der Waals surface area (Å²) < 4.78 is 7.57. The summed E-state index contributed by atoms with van der Waals surface area (Å²) in [6, 6.07) is 17.5. The summed E-state index contributed by atoms with van der Waals surface area (Å²) in [5.41, 5.74) is 3.29. The Morgan fingerprint density at radius 1 is 1.08 bits per heavy atom. The van der Waals surface area contributed by atoms with Crippen LogP contribution in [-0.4, -0.2) is 22.9 Å². The van der Waals surface area contributed by atoms with Crippen LogP contribution in [0.5, 0.6) is 5.75 Å². The maximum absolute atomic E-state index is 5.85. The molecule has 124 valence electrons. The first-order chi connectivity index (χ1) is 11.7. The van der Waals surface area contributed by atoms with E-state index in [1.165, 1.54) is 5.56 Å². The summed E-state index contributed by atoms with van der Waals surface area (Å²) in [4.78, 5) is 0. The van der Waals surface area contributed by atoms with E-state index in [0.717, 1.165) is 30.2 Å². The van der Waals surface area contributed by atoms with E-state index >= 15 is 0 Å². The zero-order chi connectivity index (χ0) is 16.8. The first-order valence-corrected chi connectivity index (χ1v) is 8.30. The summed E-state index contributed by atoms with van der Waals surface area (Å²) in [5, 5.41) is 8.67. The second-order valence-corrected chi connectivity index (χ2v) is 5.94. The molecular weight excluding hydrogens is 322 g/mol. The molecular formula is C19H20ClN3O. The largest absolute Gasteiger partial charge is 0.492 e. The zero-order valence-electron chi connectivity index (χ0n) is 13.6. The topological polar surface area (TPSA) is 39.1 Å². The Morgan fingerprint density at radius 3 is 2.58 bits per heavy atom. The van der Waals surface area contributed by atoms with Gasteiger partial charge >= 0.3 is 0 Å². The second kappa shape index (κ2) is 7.99. The summed E-state index contributed by atoms with van der Waals surface area (Å²) in [5.74, 6) is 0.828. The van der Waals surface area contributed by atoms with E-state index in [2.05, 4.69) is 16.6 Å². The molecule has 1 heterocycles. The highest BCUT2D eigenvalue weighted by Crippen LogP contribution is 2.15. The van der Waals surface area contributed by atoms with Crippen molar-refractivity contribution in [3.63, 3.8) is 0 Å². The molecule has 1 aromatic heterocycles. The van der Waals surface area contributed by atoms with Crippen molar-refractivity contribution in [1.29, 1.82) is 0 Å². The number of nitrogens with zero attached hydrogens (tertiary/aromatic N) is 2. The van der Waals surface area contributed by atoms with Gasteiger partial charge in [0.25, 0.3) is 0 Å². The first-order valence-electron chi connectivity index (χ1n) is 7.92. The van der Waals surface area contributed by atoms with Crippen molar-refractivity contribution >= 4 is 11.6 Å². The van der Waals surface area contributed by atoms with E-state index in [1.54, 1.807) is 0 Å². The number of nitrogens with one attached hydrogen (secondary N) is 1. The fourth-order valence-electron chi connectivity index (χ4n) is 2.38. The highest BCUT2D eigenvalue weighted by molar-refractivity contribution is 6.30. The predicted octanol–water partition coefficient (Wildman–Crippen LogP) is 4.00. The van der Waals surface area contributed by atoms with Crippen LogP contribution in [0.25, 0.3) is 5.69 Å². The predicted molar refractivity (Wildman–Crippen MR) is 97.0 cm³/mol. The molecule has 0 aliphatic carbocycles. The fraction of sp³-hybridized carbons (Fsp3) is 0.211. The van der Waals surface area contributed by atoms with Crippen molar-refractivity contribution in [3.8, 4) is 11.4 Å². The van der Waals surface area contributed by atoms with E-state index in [9.17, 15) is 0 Å². The molecule has 0 unspecified atom stereocenters. The number of para-hydroxylation sites is 1. The molecule has 0 aliphatic heterocycles. The van der Waals surface area contributed by atoms with Gasteiger partial charge in [0.05, 0.1) is 11.4 Å². The number of halogens is 1. The van der Waals surface area contributed by atoms with Crippen molar-refractivity contribution in [2.24, 2.45) is 0 Å². The van der Waals surface area contributed by atoms with Crippen LogP contribution in [0.3, 0.4) is 0 Å². The number of benzene rings is 2. The molecule has 24 heavy (non-hydrogen) atoms. The summed E-state index contributed by atoms with van der Waals surface area (Å²) in [6.07, 6.45) is 2.07. The lowest BCUT2D eigenvalue weighted by Crippen LogP contribution is -2.20. The van der Waals surface area contributed by atoms with Crippen molar-refractivity contribution < 1.29 is 4.74 Å². The van der Waals surface area contributed by atoms with Crippen molar-refractivity contribution in [1.82, 2.24) is 15.1 Å². The van der Waals surface area contributed by atoms with Gasteiger partial charge in [-0.15, -0.1) is 0 Å². The van der Waals surface area contributed by atoms with Crippen molar-refractivity contribution in [2.45, 2.75) is 13.5 Å². The quantitative estimate of drug-likeness (QED) is 0.660. The highest BCUT2D eigenvalue weighted by Gasteiger charge is 2.05. The molecule has 0 bridgehead atoms. The molecule has 2 aromatic carbocycles. The molecule has 0 radical (unpaired) electrons. The molecule has 3 aromatic rings. The molecule has 0 amide bonds. The van der Waals surface area contributed by atoms with Crippen LogP contribution in [-0.2, 0) is 6.54 Å². The van der Waals surface area contributed by atoms with Crippen LogP contribution in [0.1, 0.15) is 11.3 Å². The molecule has 3 rings (SSSR count). The third-order valence-electron chi connectivity index (χ3n) is 3.70. The summed E-state index contributed by atoms with van der Waals surface area (Å²) >= 11 is 5.85. The Labute approximate surface area is 147 Å². The average Bonchev–Trinajstić information content (AvgIpc) is 2.98. The number of rotatable bonds is 7. The lowest BCUT2D eigenvalue weighted by atomic mass is 10.2. The van der Waals surface area contributed by atoms with E-state index in [-0.39, 0.29) is 0 Å². The van der Waals surface area contributed by atoms with Crippen molar-refractivity contribution in [2.75, 3.05) is 13.2 Å². The maximum Gasteiger partial charge on any atom is 0.119 e. The van der Waals surface area contributed by atoms with Gasteiger partial charge in [-0.25, -0.2) is 4.68 Å². The van der Waals surface area contributed by atoms with Crippen LogP contribution in [0.2, 0.25) is 5.02 Å². The Hall–Kier alpha value is -2.30.